The number of nitrogens with zero attached hydrogens (tertiary/aromatic N) is 1. The highest BCUT2D eigenvalue weighted by Gasteiger charge is 2.10. The summed E-state index contributed by atoms with van der Waals surface area (Å²) in [5, 5.41) is 0. The molecule has 0 aliphatic heterocycles. The molecule has 0 fully saturated rings. The van der Waals surface area contributed by atoms with E-state index in [-0.39, 0.29) is 5.78 Å². The van der Waals surface area contributed by atoms with Crippen molar-refractivity contribution in [3.63, 3.8) is 0 Å². The van der Waals surface area contributed by atoms with Crippen LogP contribution in [0.25, 0.3) is 11.1 Å². The molecule has 1 aromatic carbocycles. The fraction of sp³-hybridized carbons (Fsp3) is 0.500. The standard InChI is InChI=1S/C16H21NO2/c1-2-3-4-5-6-9-13(18)12-16-17-14-10-7-8-11-15(14)19-16/h7-8,10-11H,2-6,9,12H2,1H3. The molecule has 1 aromatic heterocycles. The Bertz CT molecular complexity index is 497. The van der Waals surface area contributed by atoms with Crippen LogP contribution >= 0.6 is 0 Å². The molecule has 0 aliphatic rings. The highest BCUT2D eigenvalue weighted by Crippen LogP contribution is 2.16. The molecule has 102 valence electrons. The van der Waals surface area contributed by atoms with Crippen molar-refractivity contribution in [1.82, 2.24) is 4.98 Å². The minimum Gasteiger partial charge on any atom is -0.440 e. The molecule has 0 bridgehead atoms. The first-order chi connectivity index (χ1) is 9.29. The van der Waals surface area contributed by atoms with Crippen LogP contribution in [0.3, 0.4) is 0 Å². The largest absolute Gasteiger partial charge is 0.440 e. The number of carbonyl (C=O) groups is 1. The summed E-state index contributed by atoms with van der Waals surface area (Å²) in [5.74, 6) is 0.766. The Labute approximate surface area is 114 Å². The van der Waals surface area contributed by atoms with Crippen LogP contribution in [-0.2, 0) is 11.2 Å². The molecule has 0 radical (unpaired) electrons. The average molecular weight is 259 g/mol. The summed E-state index contributed by atoms with van der Waals surface area (Å²) in [6, 6.07) is 7.61. The number of rotatable bonds is 8. The van der Waals surface area contributed by atoms with Gasteiger partial charge in [0.05, 0.1) is 6.42 Å². The van der Waals surface area contributed by atoms with Gasteiger partial charge in [0.2, 0.25) is 5.89 Å². The molecule has 0 amide bonds. The normalized spacial score (nSPS) is 11.0. The fourth-order valence-electron chi connectivity index (χ4n) is 2.18. The number of ketones is 1. The molecule has 0 aliphatic carbocycles. The number of oxazole rings is 1. The summed E-state index contributed by atoms with van der Waals surface area (Å²) in [7, 11) is 0. The molecule has 0 atom stereocenters. The lowest BCUT2D eigenvalue weighted by Gasteiger charge is -1.99. The first kappa shape index (κ1) is 13.8. The fourth-order valence-corrected chi connectivity index (χ4v) is 2.18. The number of carbonyl (C=O) groups excluding carboxylic acids is 1. The summed E-state index contributed by atoms with van der Waals surface area (Å²) < 4.78 is 5.55. The van der Waals surface area contributed by atoms with E-state index in [1.54, 1.807) is 0 Å². The van der Waals surface area contributed by atoms with Crippen LogP contribution < -0.4 is 0 Å². The number of unbranched alkanes of at least 4 members (excludes halogenated alkanes) is 4. The van der Waals surface area contributed by atoms with E-state index in [2.05, 4.69) is 11.9 Å². The molecule has 0 spiro atoms. The maximum absolute atomic E-state index is 11.8. The van der Waals surface area contributed by atoms with Gasteiger partial charge in [0.1, 0.15) is 11.3 Å². The Morgan fingerprint density at radius 1 is 1.16 bits per heavy atom. The number of benzene rings is 1. The Morgan fingerprint density at radius 3 is 2.74 bits per heavy atom. The molecule has 3 heteroatoms. The summed E-state index contributed by atoms with van der Waals surface area (Å²) in [5.41, 5.74) is 1.58. The van der Waals surface area contributed by atoms with Gasteiger partial charge < -0.3 is 4.42 Å². The number of aromatic nitrogens is 1. The van der Waals surface area contributed by atoms with Crippen molar-refractivity contribution >= 4 is 16.9 Å². The van der Waals surface area contributed by atoms with Gasteiger partial charge in [0, 0.05) is 6.42 Å². The van der Waals surface area contributed by atoms with Crippen LogP contribution in [-0.4, -0.2) is 10.8 Å². The highest BCUT2D eigenvalue weighted by atomic mass is 16.3. The van der Waals surface area contributed by atoms with Gasteiger partial charge in [-0.3, -0.25) is 4.79 Å². The van der Waals surface area contributed by atoms with Crippen LogP contribution in [0.2, 0.25) is 0 Å². The summed E-state index contributed by atoms with van der Waals surface area (Å²) in [4.78, 5) is 16.1. The third-order valence-corrected chi connectivity index (χ3v) is 3.25. The van der Waals surface area contributed by atoms with Gasteiger partial charge in [-0.1, -0.05) is 44.7 Å². The van der Waals surface area contributed by atoms with Crippen LogP contribution in [0.1, 0.15) is 51.3 Å². The lowest BCUT2D eigenvalue weighted by molar-refractivity contribution is -0.118. The molecule has 2 rings (SSSR count). The predicted octanol–water partition coefficient (Wildman–Crippen LogP) is 4.30. The van der Waals surface area contributed by atoms with Gasteiger partial charge in [0.15, 0.2) is 5.58 Å². The number of hydrogen-bond acceptors (Lipinski definition) is 3. The minimum absolute atomic E-state index is 0.225. The molecule has 19 heavy (non-hydrogen) atoms. The van der Waals surface area contributed by atoms with E-state index in [0.29, 0.717) is 18.7 Å². The molecule has 0 saturated heterocycles. The lowest BCUT2D eigenvalue weighted by Crippen LogP contribution is -2.02. The number of Topliss-reactive ketones (excluding diaryl/α,β-unsaturated/α-hetero) is 1. The Morgan fingerprint density at radius 2 is 1.95 bits per heavy atom. The van der Waals surface area contributed by atoms with Crippen molar-refractivity contribution in [2.45, 2.75) is 51.9 Å². The van der Waals surface area contributed by atoms with Crippen molar-refractivity contribution in [2.24, 2.45) is 0 Å². The van der Waals surface area contributed by atoms with Crippen molar-refractivity contribution in [1.29, 1.82) is 0 Å². The third kappa shape index (κ3) is 4.19. The summed E-state index contributed by atoms with van der Waals surface area (Å²) in [6.07, 6.45) is 6.82. The van der Waals surface area contributed by atoms with Crippen LogP contribution in [0.15, 0.2) is 28.7 Å². The Hall–Kier alpha value is -1.64. The molecule has 0 saturated carbocycles. The monoisotopic (exact) mass is 259 g/mol. The number of fused-ring (bicyclic) bond motifs is 1. The zero-order chi connectivity index (χ0) is 13.5. The van der Waals surface area contributed by atoms with E-state index < -0.39 is 0 Å². The average Bonchev–Trinajstić information content (AvgIpc) is 2.80. The zero-order valence-electron chi connectivity index (χ0n) is 11.5. The van der Waals surface area contributed by atoms with Crippen molar-refractivity contribution in [3.8, 4) is 0 Å². The molecule has 1 heterocycles. The Balaban J connectivity index is 1.78. The SMILES string of the molecule is CCCCCCCC(=O)Cc1nc2ccccc2o1. The molecule has 0 unspecified atom stereocenters. The maximum Gasteiger partial charge on any atom is 0.202 e. The van der Waals surface area contributed by atoms with E-state index in [9.17, 15) is 4.79 Å². The van der Waals surface area contributed by atoms with Crippen molar-refractivity contribution in [3.05, 3.63) is 30.2 Å². The topological polar surface area (TPSA) is 43.1 Å². The van der Waals surface area contributed by atoms with E-state index in [1.165, 1.54) is 19.3 Å². The van der Waals surface area contributed by atoms with Crippen LogP contribution in [0.5, 0.6) is 0 Å². The van der Waals surface area contributed by atoms with Crippen LogP contribution in [0.4, 0.5) is 0 Å². The van der Waals surface area contributed by atoms with Gasteiger partial charge in [-0.15, -0.1) is 0 Å². The molecular formula is C16H21NO2. The molecule has 0 N–H and O–H groups in total. The minimum atomic E-state index is 0.225. The highest BCUT2D eigenvalue weighted by molar-refractivity contribution is 5.81. The van der Waals surface area contributed by atoms with Gasteiger partial charge in [-0.25, -0.2) is 4.98 Å². The zero-order valence-corrected chi connectivity index (χ0v) is 11.5. The maximum atomic E-state index is 11.8. The Kier molecular flexibility index (Phi) is 5.13. The quantitative estimate of drug-likeness (QED) is 0.664. The van der Waals surface area contributed by atoms with Gasteiger partial charge in [0.25, 0.3) is 0 Å². The second-order valence-electron chi connectivity index (χ2n) is 4.95. The second-order valence-corrected chi connectivity index (χ2v) is 4.95. The third-order valence-electron chi connectivity index (χ3n) is 3.25. The smallest absolute Gasteiger partial charge is 0.202 e. The van der Waals surface area contributed by atoms with Gasteiger partial charge >= 0.3 is 0 Å². The van der Waals surface area contributed by atoms with Gasteiger partial charge in [-0.05, 0) is 18.6 Å². The van der Waals surface area contributed by atoms with E-state index in [4.69, 9.17) is 4.42 Å². The number of hydrogen-bond donors (Lipinski definition) is 0. The second kappa shape index (κ2) is 7.07. The summed E-state index contributed by atoms with van der Waals surface area (Å²) in [6.45, 7) is 2.19. The van der Waals surface area contributed by atoms with E-state index >= 15 is 0 Å². The van der Waals surface area contributed by atoms with Crippen molar-refractivity contribution < 1.29 is 9.21 Å². The van der Waals surface area contributed by atoms with Gasteiger partial charge in [-0.2, -0.15) is 0 Å². The van der Waals surface area contributed by atoms with E-state index in [0.717, 1.165) is 23.9 Å². The predicted molar refractivity (Wildman–Crippen MR) is 76.1 cm³/mol. The van der Waals surface area contributed by atoms with Crippen molar-refractivity contribution in [2.75, 3.05) is 0 Å². The van der Waals surface area contributed by atoms with E-state index in [1.807, 2.05) is 24.3 Å². The first-order valence-electron chi connectivity index (χ1n) is 7.15. The first-order valence-corrected chi connectivity index (χ1v) is 7.15. The molecule has 3 nitrogen and oxygen atoms in total. The number of para-hydroxylation sites is 2. The molecule has 2 aromatic rings. The molecular weight excluding hydrogens is 238 g/mol. The summed E-state index contributed by atoms with van der Waals surface area (Å²) >= 11 is 0. The lowest BCUT2D eigenvalue weighted by atomic mass is 10.1. The van der Waals surface area contributed by atoms with Crippen LogP contribution in [0, 0.1) is 0 Å².